The quantitative estimate of drug-likeness (QED) is 0.510. The number of nitro groups is 1. The fraction of sp³-hybridized carbons (Fsp3) is 0.455. The van der Waals surface area contributed by atoms with E-state index in [1.807, 2.05) is 13.8 Å². The van der Waals surface area contributed by atoms with E-state index in [1.165, 1.54) is 24.3 Å². The second-order valence-electron chi connectivity index (χ2n) is 5.06. The lowest BCUT2D eigenvalue weighted by molar-refractivity contribution is -0.384. The Labute approximate surface area is 109 Å². The molecule has 2 rings (SSSR count). The lowest BCUT2D eigenvalue weighted by Crippen LogP contribution is -2.33. The third-order valence-electron chi connectivity index (χ3n) is 2.95. The normalized spacial score (nSPS) is 29.9. The molecule has 0 saturated carbocycles. The summed E-state index contributed by atoms with van der Waals surface area (Å²) in [5, 5.41) is 10.6. The summed E-state index contributed by atoms with van der Waals surface area (Å²) < 4.78 is 21.4. The van der Waals surface area contributed by atoms with Crippen molar-refractivity contribution < 1.29 is 23.4 Å². The highest BCUT2D eigenvalue weighted by atomic mass is 31.2. The Morgan fingerprint density at radius 2 is 2.00 bits per heavy atom. The maximum absolute atomic E-state index is 11.5. The Hall–Kier alpha value is -1.27. The van der Waals surface area contributed by atoms with Gasteiger partial charge in [0.2, 0.25) is 0 Å². The number of hydrogen-bond donors (Lipinski definition) is 1. The number of phosphoric acid groups is 1. The highest BCUT2D eigenvalue weighted by Gasteiger charge is 2.44. The van der Waals surface area contributed by atoms with E-state index in [-0.39, 0.29) is 12.3 Å². The number of rotatable bonds is 2. The topological polar surface area (TPSA) is 98.9 Å². The van der Waals surface area contributed by atoms with E-state index in [0.29, 0.717) is 5.56 Å². The molecule has 1 heterocycles. The molecule has 1 aliphatic heterocycles. The molecule has 1 N–H and O–H groups in total. The van der Waals surface area contributed by atoms with Gasteiger partial charge >= 0.3 is 7.82 Å². The van der Waals surface area contributed by atoms with Crippen molar-refractivity contribution in [1.29, 1.82) is 0 Å². The van der Waals surface area contributed by atoms with E-state index < -0.39 is 24.3 Å². The first-order chi connectivity index (χ1) is 8.71. The lowest BCUT2D eigenvalue weighted by Gasteiger charge is -2.39. The number of nitro benzene ring substituents is 1. The molecule has 0 amide bonds. The standard InChI is InChI=1S/C11H14NO6P/c1-11(2)7-17-19(15,16)18-10(11)8-3-5-9(6-4-8)12(13)14/h3-6,10H,7H2,1-2H3,(H,15,16)/t10-/m0/s1. The van der Waals surface area contributed by atoms with Crippen LogP contribution < -0.4 is 0 Å². The average Bonchev–Trinajstić information content (AvgIpc) is 2.33. The van der Waals surface area contributed by atoms with Crippen molar-refractivity contribution in [3.63, 3.8) is 0 Å². The Morgan fingerprint density at radius 3 is 2.53 bits per heavy atom. The zero-order chi connectivity index (χ0) is 14.3. The van der Waals surface area contributed by atoms with Crippen LogP contribution in [0.3, 0.4) is 0 Å². The Kier molecular flexibility index (Phi) is 3.49. The average molecular weight is 287 g/mol. The molecule has 1 aliphatic rings. The number of benzene rings is 1. The lowest BCUT2D eigenvalue weighted by atomic mass is 9.83. The Morgan fingerprint density at radius 1 is 1.42 bits per heavy atom. The number of non-ortho nitro benzene ring substituents is 1. The maximum atomic E-state index is 11.5. The number of hydrogen-bond acceptors (Lipinski definition) is 5. The minimum Gasteiger partial charge on any atom is -0.302 e. The van der Waals surface area contributed by atoms with Crippen molar-refractivity contribution in [2.45, 2.75) is 20.0 Å². The van der Waals surface area contributed by atoms with Crippen LogP contribution in [0.25, 0.3) is 0 Å². The summed E-state index contributed by atoms with van der Waals surface area (Å²) in [6.07, 6.45) is -0.655. The summed E-state index contributed by atoms with van der Waals surface area (Å²) in [6, 6.07) is 5.73. The summed E-state index contributed by atoms with van der Waals surface area (Å²) in [4.78, 5) is 19.5. The van der Waals surface area contributed by atoms with Gasteiger partial charge in [0.25, 0.3) is 5.69 Å². The highest BCUT2D eigenvalue weighted by molar-refractivity contribution is 7.47. The second kappa shape index (κ2) is 4.68. The van der Waals surface area contributed by atoms with Crippen molar-refractivity contribution in [3.8, 4) is 0 Å². The largest absolute Gasteiger partial charge is 0.472 e. The van der Waals surface area contributed by atoms with Crippen LogP contribution in [0, 0.1) is 15.5 Å². The molecule has 104 valence electrons. The van der Waals surface area contributed by atoms with Gasteiger partial charge in [-0.25, -0.2) is 4.57 Å². The Balaban J connectivity index is 2.32. The van der Waals surface area contributed by atoms with E-state index in [1.54, 1.807) is 0 Å². The first kappa shape index (κ1) is 14.1. The van der Waals surface area contributed by atoms with Crippen molar-refractivity contribution in [3.05, 3.63) is 39.9 Å². The van der Waals surface area contributed by atoms with Gasteiger partial charge in [-0.1, -0.05) is 13.8 Å². The molecular formula is C11H14NO6P. The molecule has 0 spiro atoms. The zero-order valence-corrected chi connectivity index (χ0v) is 11.4. The van der Waals surface area contributed by atoms with E-state index >= 15 is 0 Å². The summed E-state index contributed by atoms with van der Waals surface area (Å²) in [6.45, 7) is 3.74. The van der Waals surface area contributed by atoms with Crippen molar-refractivity contribution in [2.75, 3.05) is 6.61 Å². The molecule has 1 aromatic rings. The minimum atomic E-state index is -4.05. The van der Waals surface area contributed by atoms with Crippen LogP contribution in [-0.2, 0) is 13.6 Å². The van der Waals surface area contributed by atoms with Crippen LogP contribution in [0.1, 0.15) is 25.5 Å². The van der Waals surface area contributed by atoms with Crippen molar-refractivity contribution >= 4 is 13.5 Å². The fourth-order valence-corrected chi connectivity index (χ4v) is 3.14. The van der Waals surface area contributed by atoms with E-state index in [2.05, 4.69) is 0 Å². The molecule has 0 aliphatic carbocycles. The molecule has 0 radical (unpaired) electrons. The summed E-state index contributed by atoms with van der Waals surface area (Å²) in [5.74, 6) is 0. The van der Waals surface area contributed by atoms with E-state index in [9.17, 15) is 19.6 Å². The van der Waals surface area contributed by atoms with E-state index in [4.69, 9.17) is 9.05 Å². The molecule has 1 unspecified atom stereocenters. The fourth-order valence-electron chi connectivity index (χ4n) is 1.91. The van der Waals surface area contributed by atoms with Gasteiger partial charge in [-0.05, 0) is 17.7 Å². The highest BCUT2D eigenvalue weighted by Crippen LogP contribution is 2.58. The van der Waals surface area contributed by atoms with Crippen molar-refractivity contribution in [2.24, 2.45) is 5.41 Å². The molecule has 7 nitrogen and oxygen atoms in total. The van der Waals surface area contributed by atoms with Gasteiger partial charge in [0.1, 0.15) is 6.10 Å². The van der Waals surface area contributed by atoms with Crippen molar-refractivity contribution in [1.82, 2.24) is 0 Å². The van der Waals surface area contributed by atoms with Gasteiger partial charge in [0.15, 0.2) is 0 Å². The van der Waals surface area contributed by atoms with Gasteiger partial charge in [-0.3, -0.25) is 19.2 Å². The summed E-state index contributed by atoms with van der Waals surface area (Å²) in [5.41, 5.74) is 0.0567. The molecule has 0 bridgehead atoms. The molecule has 0 aromatic heterocycles. The van der Waals surface area contributed by atoms with Crippen LogP contribution in [0.4, 0.5) is 5.69 Å². The first-order valence-electron chi connectivity index (χ1n) is 5.61. The smallest absolute Gasteiger partial charge is 0.302 e. The van der Waals surface area contributed by atoms with Gasteiger partial charge < -0.3 is 4.89 Å². The first-order valence-corrected chi connectivity index (χ1v) is 7.11. The molecule has 2 atom stereocenters. The van der Waals surface area contributed by atoms with Gasteiger partial charge in [0, 0.05) is 17.5 Å². The summed E-state index contributed by atoms with van der Waals surface area (Å²) >= 11 is 0. The Bertz CT molecular complexity index is 541. The van der Waals surface area contributed by atoms with Crippen LogP contribution in [-0.4, -0.2) is 16.4 Å². The number of nitrogens with zero attached hydrogens (tertiary/aromatic N) is 1. The predicted molar refractivity (Wildman–Crippen MR) is 66.5 cm³/mol. The second-order valence-corrected chi connectivity index (χ2v) is 6.47. The monoisotopic (exact) mass is 287 g/mol. The van der Waals surface area contributed by atoms with Crippen LogP contribution in [0.2, 0.25) is 0 Å². The summed E-state index contributed by atoms with van der Waals surface area (Å²) in [7, 11) is -4.05. The van der Waals surface area contributed by atoms with Crippen LogP contribution in [0.15, 0.2) is 24.3 Å². The zero-order valence-electron chi connectivity index (χ0n) is 10.5. The minimum absolute atomic E-state index is 0.0409. The maximum Gasteiger partial charge on any atom is 0.472 e. The molecule has 1 fully saturated rings. The molecular weight excluding hydrogens is 273 g/mol. The number of phosphoric ester groups is 1. The van der Waals surface area contributed by atoms with Gasteiger partial charge in [0.05, 0.1) is 11.5 Å². The van der Waals surface area contributed by atoms with E-state index in [0.717, 1.165) is 0 Å². The predicted octanol–water partition coefficient (Wildman–Crippen LogP) is 2.81. The third kappa shape index (κ3) is 3.01. The van der Waals surface area contributed by atoms with Gasteiger partial charge in [-0.15, -0.1) is 0 Å². The molecule has 1 saturated heterocycles. The van der Waals surface area contributed by atoms with Crippen LogP contribution in [0.5, 0.6) is 0 Å². The SMILES string of the molecule is CC1(C)COP(=O)(O)O[C@H]1c1ccc([N+](=O)[O-])cc1. The molecule has 8 heteroatoms. The molecule has 1 aromatic carbocycles. The van der Waals surface area contributed by atoms with Crippen LogP contribution >= 0.6 is 7.82 Å². The van der Waals surface area contributed by atoms with Gasteiger partial charge in [-0.2, -0.15) is 0 Å². The third-order valence-corrected chi connectivity index (χ3v) is 3.89. The molecule has 19 heavy (non-hydrogen) atoms.